The van der Waals surface area contributed by atoms with Gasteiger partial charge in [-0.3, -0.25) is 0 Å². The maximum atomic E-state index is 5.45. The predicted molar refractivity (Wildman–Crippen MR) is 47.1 cm³/mol. The second-order valence-corrected chi connectivity index (χ2v) is 3.11. The van der Waals surface area contributed by atoms with Crippen molar-refractivity contribution in [1.29, 1.82) is 0 Å². The third-order valence-corrected chi connectivity index (χ3v) is 1.93. The molecule has 3 N–H and O–H groups in total. The van der Waals surface area contributed by atoms with Crippen LogP contribution in [0.1, 0.15) is 6.92 Å². The van der Waals surface area contributed by atoms with Crippen molar-refractivity contribution in [3.63, 3.8) is 0 Å². The number of nitrogens with two attached hydrogens (primary N) is 1. The van der Waals surface area contributed by atoms with Crippen LogP contribution in [0.3, 0.4) is 0 Å². The summed E-state index contributed by atoms with van der Waals surface area (Å²) in [5.74, 6) is 0. The highest BCUT2D eigenvalue weighted by Crippen LogP contribution is 1.98. The van der Waals surface area contributed by atoms with Crippen LogP contribution in [0.15, 0.2) is 0 Å². The largest absolute Gasteiger partial charge is 0.376 e. The van der Waals surface area contributed by atoms with E-state index in [9.17, 15) is 0 Å². The first-order valence-electron chi connectivity index (χ1n) is 4.45. The van der Waals surface area contributed by atoms with Gasteiger partial charge in [0.1, 0.15) is 0 Å². The zero-order valence-corrected chi connectivity index (χ0v) is 7.58. The van der Waals surface area contributed by atoms with E-state index in [1.165, 1.54) is 0 Å². The maximum absolute atomic E-state index is 5.45. The molecule has 1 unspecified atom stereocenters. The lowest BCUT2D eigenvalue weighted by Crippen LogP contribution is -2.42. The third kappa shape index (κ3) is 3.49. The number of hydrogen-bond donors (Lipinski definition) is 2. The molecule has 72 valence electrons. The average Bonchev–Trinajstić information content (AvgIpc) is 2.16. The van der Waals surface area contributed by atoms with Gasteiger partial charge >= 0.3 is 0 Å². The summed E-state index contributed by atoms with van der Waals surface area (Å²) in [6.45, 7) is 5.69. The normalized spacial score (nSPS) is 27.0. The molecule has 0 amide bonds. The van der Waals surface area contributed by atoms with Crippen molar-refractivity contribution in [3.05, 3.63) is 0 Å². The molecule has 1 rings (SSSR count). The van der Waals surface area contributed by atoms with Crippen molar-refractivity contribution in [3.8, 4) is 0 Å². The minimum atomic E-state index is 0.202. The Labute approximate surface area is 73.4 Å². The molecular weight excluding hydrogens is 156 g/mol. The molecule has 0 aromatic heterocycles. The van der Waals surface area contributed by atoms with Crippen molar-refractivity contribution in [2.24, 2.45) is 5.73 Å². The maximum Gasteiger partial charge on any atom is 0.0933 e. The van der Waals surface area contributed by atoms with Gasteiger partial charge in [0.15, 0.2) is 0 Å². The Kier molecular flexibility index (Phi) is 4.53. The SMILES string of the molecule is C[C@H](CN)NCC1COCCO1. The smallest absolute Gasteiger partial charge is 0.0933 e. The van der Waals surface area contributed by atoms with Gasteiger partial charge in [-0.2, -0.15) is 0 Å². The molecule has 0 aromatic rings. The summed E-state index contributed by atoms with van der Waals surface area (Å²) < 4.78 is 10.7. The van der Waals surface area contributed by atoms with Crippen LogP contribution in [-0.2, 0) is 9.47 Å². The highest BCUT2D eigenvalue weighted by atomic mass is 16.6. The summed E-state index contributed by atoms with van der Waals surface area (Å²) in [4.78, 5) is 0. The zero-order valence-electron chi connectivity index (χ0n) is 7.58. The number of nitrogens with one attached hydrogen (secondary N) is 1. The van der Waals surface area contributed by atoms with Gasteiger partial charge in [0.05, 0.1) is 25.9 Å². The fourth-order valence-corrected chi connectivity index (χ4v) is 1.07. The van der Waals surface area contributed by atoms with Crippen molar-refractivity contribution in [2.75, 3.05) is 32.9 Å². The molecule has 0 saturated carbocycles. The Balaban J connectivity index is 2.05. The molecule has 0 bridgehead atoms. The fraction of sp³-hybridized carbons (Fsp3) is 1.00. The Morgan fingerprint density at radius 2 is 2.42 bits per heavy atom. The summed E-state index contributed by atoms with van der Waals surface area (Å²) >= 11 is 0. The van der Waals surface area contributed by atoms with Crippen LogP contribution in [0.2, 0.25) is 0 Å². The molecule has 1 aliphatic rings. The molecule has 1 heterocycles. The molecular formula is C8H18N2O2. The molecule has 0 aromatic carbocycles. The Morgan fingerprint density at radius 1 is 1.58 bits per heavy atom. The standard InChI is InChI=1S/C8H18N2O2/c1-7(4-9)10-5-8-6-11-2-3-12-8/h7-8,10H,2-6,9H2,1H3/t7-,8?/m1/s1. The molecule has 0 radical (unpaired) electrons. The van der Waals surface area contributed by atoms with E-state index in [1.54, 1.807) is 0 Å². The van der Waals surface area contributed by atoms with Crippen molar-refractivity contribution in [2.45, 2.75) is 19.1 Å². The summed E-state index contributed by atoms with van der Waals surface area (Å²) in [5, 5.41) is 3.27. The van der Waals surface area contributed by atoms with Crippen LogP contribution in [0.4, 0.5) is 0 Å². The lowest BCUT2D eigenvalue weighted by molar-refractivity contribution is -0.0868. The van der Waals surface area contributed by atoms with Crippen LogP contribution in [-0.4, -0.2) is 45.1 Å². The molecule has 0 spiro atoms. The molecule has 1 aliphatic heterocycles. The first-order chi connectivity index (χ1) is 5.83. The third-order valence-electron chi connectivity index (χ3n) is 1.93. The van der Waals surface area contributed by atoms with E-state index in [4.69, 9.17) is 15.2 Å². The van der Waals surface area contributed by atoms with Gasteiger partial charge in [0, 0.05) is 19.1 Å². The molecule has 4 nitrogen and oxygen atoms in total. The molecule has 1 fully saturated rings. The number of rotatable bonds is 4. The van der Waals surface area contributed by atoms with Gasteiger partial charge < -0.3 is 20.5 Å². The van der Waals surface area contributed by atoms with E-state index >= 15 is 0 Å². The molecule has 12 heavy (non-hydrogen) atoms. The molecule has 0 aliphatic carbocycles. The van der Waals surface area contributed by atoms with E-state index < -0.39 is 0 Å². The second kappa shape index (κ2) is 5.48. The van der Waals surface area contributed by atoms with E-state index in [-0.39, 0.29) is 6.10 Å². The molecule has 1 saturated heterocycles. The minimum absolute atomic E-state index is 0.202. The number of ether oxygens (including phenoxy) is 2. The van der Waals surface area contributed by atoms with Gasteiger partial charge in [-0.25, -0.2) is 0 Å². The molecule has 4 heteroatoms. The van der Waals surface area contributed by atoms with Crippen LogP contribution >= 0.6 is 0 Å². The highest BCUT2D eigenvalue weighted by Gasteiger charge is 2.14. The quantitative estimate of drug-likeness (QED) is 0.594. The van der Waals surface area contributed by atoms with Gasteiger partial charge in [-0.05, 0) is 6.92 Å². The van der Waals surface area contributed by atoms with E-state index in [0.717, 1.165) is 13.2 Å². The van der Waals surface area contributed by atoms with Crippen molar-refractivity contribution in [1.82, 2.24) is 5.32 Å². The predicted octanol–water partition coefficient (Wildman–Crippen LogP) is -0.661. The lowest BCUT2D eigenvalue weighted by Gasteiger charge is -2.24. The average molecular weight is 174 g/mol. The summed E-state index contributed by atoms with van der Waals surface area (Å²) in [7, 11) is 0. The Morgan fingerprint density at radius 3 is 3.00 bits per heavy atom. The summed E-state index contributed by atoms with van der Waals surface area (Å²) in [6, 6.07) is 0.357. The zero-order chi connectivity index (χ0) is 8.81. The Bertz CT molecular complexity index is 116. The van der Waals surface area contributed by atoms with Crippen LogP contribution in [0.25, 0.3) is 0 Å². The van der Waals surface area contributed by atoms with Gasteiger partial charge in [0.25, 0.3) is 0 Å². The fourth-order valence-electron chi connectivity index (χ4n) is 1.07. The summed E-state index contributed by atoms with van der Waals surface area (Å²) in [6.07, 6.45) is 0.202. The first kappa shape index (κ1) is 9.92. The monoisotopic (exact) mass is 174 g/mol. The molecule has 2 atom stereocenters. The van der Waals surface area contributed by atoms with Crippen molar-refractivity contribution >= 4 is 0 Å². The van der Waals surface area contributed by atoms with Crippen LogP contribution in [0.5, 0.6) is 0 Å². The number of hydrogen-bond acceptors (Lipinski definition) is 4. The second-order valence-electron chi connectivity index (χ2n) is 3.11. The topological polar surface area (TPSA) is 56.5 Å². The Hall–Kier alpha value is -0.160. The summed E-state index contributed by atoms with van der Waals surface area (Å²) in [5.41, 5.74) is 5.45. The van der Waals surface area contributed by atoms with Gasteiger partial charge in [-0.15, -0.1) is 0 Å². The first-order valence-corrected chi connectivity index (χ1v) is 4.45. The van der Waals surface area contributed by atoms with Crippen LogP contribution in [0, 0.1) is 0 Å². The van der Waals surface area contributed by atoms with Crippen LogP contribution < -0.4 is 11.1 Å². The highest BCUT2D eigenvalue weighted by molar-refractivity contribution is 4.68. The van der Waals surface area contributed by atoms with Gasteiger partial charge in [0.2, 0.25) is 0 Å². The minimum Gasteiger partial charge on any atom is -0.376 e. The lowest BCUT2D eigenvalue weighted by atomic mass is 10.3. The van der Waals surface area contributed by atoms with E-state index in [2.05, 4.69) is 12.2 Å². The van der Waals surface area contributed by atoms with Crippen molar-refractivity contribution < 1.29 is 9.47 Å². The van der Waals surface area contributed by atoms with Gasteiger partial charge in [-0.1, -0.05) is 0 Å². The van der Waals surface area contributed by atoms with E-state index in [1.807, 2.05) is 0 Å². The van der Waals surface area contributed by atoms with E-state index in [0.29, 0.717) is 25.8 Å².